The molecule has 0 amide bonds. The smallest absolute Gasteiger partial charge is 0.133 e. The van der Waals surface area contributed by atoms with Crippen LogP contribution in [0.3, 0.4) is 0 Å². The van der Waals surface area contributed by atoms with Crippen molar-refractivity contribution in [1.82, 2.24) is 0 Å². The number of nitriles is 1. The third-order valence-corrected chi connectivity index (χ3v) is 2.16. The van der Waals surface area contributed by atoms with Crippen LogP contribution in [0.25, 0.3) is 0 Å². The van der Waals surface area contributed by atoms with E-state index in [4.69, 9.17) is 5.26 Å². The molecule has 62 valence electrons. The summed E-state index contributed by atoms with van der Waals surface area (Å²) in [6.07, 6.45) is 0. The molecule has 1 aromatic carbocycles. The Labute approximate surface area is 76.6 Å². The van der Waals surface area contributed by atoms with Gasteiger partial charge in [0.2, 0.25) is 0 Å². The first-order valence-electron chi connectivity index (χ1n) is 3.65. The van der Waals surface area contributed by atoms with Crippen LogP contribution in [0.4, 0.5) is 5.69 Å². The number of nitrogens with one attached hydrogen (secondary N) is 1. The lowest BCUT2D eigenvalue weighted by Crippen LogP contribution is -1.92. The molecule has 1 aromatic rings. The molecule has 0 saturated heterocycles. The van der Waals surface area contributed by atoms with E-state index in [9.17, 15) is 0 Å². The highest BCUT2D eigenvalue weighted by atomic mass is 32.2. The molecular formula is C9H10N2S. The Kier molecular flexibility index (Phi) is 3.49. The van der Waals surface area contributed by atoms with E-state index < -0.39 is 0 Å². The Morgan fingerprint density at radius 1 is 1.50 bits per heavy atom. The quantitative estimate of drug-likeness (QED) is 0.722. The summed E-state index contributed by atoms with van der Waals surface area (Å²) >= 11 is 1.26. The Bertz CT molecular complexity index is 291. The summed E-state index contributed by atoms with van der Waals surface area (Å²) in [5, 5.41) is 13.5. The molecule has 0 bridgehead atoms. The van der Waals surface area contributed by atoms with Gasteiger partial charge in [-0.3, -0.25) is 0 Å². The van der Waals surface area contributed by atoms with Crippen molar-refractivity contribution in [1.29, 1.82) is 5.26 Å². The van der Waals surface area contributed by atoms with Gasteiger partial charge in [-0.2, -0.15) is 5.26 Å². The summed E-state index contributed by atoms with van der Waals surface area (Å²) in [5.74, 6) is 0.744. The van der Waals surface area contributed by atoms with E-state index >= 15 is 0 Å². The maximum atomic E-state index is 8.38. The second kappa shape index (κ2) is 4.68. The fraction of sp³-hybridized carbons (Fsp3) is 0.222. The minimum atomic E-state index is 0.744. The van der Waals surface area contributed by atoms with E-state index in [0.717, 1.165) is 11.4 Å². The van der Waals surface area contributed by atoms with Crippen LogP contribution in [-0.4, -0.2) is 7.05 Å². The SMILES string of the molecule is CNc1ccccc1CSC#N. The lowest BCUT2D eigenvalue weighted by molar-refractivity contribution is 1.37. The van der Waals surface area contributed by atoms with Crippen molar-refractivity contribution in [3.63, 3.8) is 0 Å². The Morgan fingerprint density at radius 2 is 2.25 bits per heavy atom. The molecule has 12 heavy (non-hydrogen) atoms. The van der Waals surface area contributed by atoms with Crippen molar-refractivity contribution in [2.75, 3.05) is 12.4 Å². The predicted octanol–water partition coefficient (Wildman–Crippen LogP) is 2.44. The second-order valence-electron chi connectivity index (χ2n) is 2.29. The monoisotopic (exact) mass is 178 g/mol. The third-order valence-electron chi connectivity index (χ3n) is 1.58. The van der Waals surface area contributed by atoms with Crippen LogP contribution < -0.4 is 5.32 Å². The molecule has 0 spiro atoms. The van der Waals surface area contributed by atoms with Crippen molar-refractivity contribution in [2.24, 2.45) is 0 Å². The van der Waals surface area contributed by atoms with Crippen LogP contribution in [0.15, 0.2) is 24.3 Å². The van der Waals surface area contributed by atoms with Crippen molar-refractivity contribution < 1.29 is 0 Å². The van der Waals surface area contributed by atoms with Crippen LogP contribution in [0, 0.1) is 10.7 Å². The minimum absolute atomic E-state index is 0.744. The number of benzene rings is 1. The molecule has 0 aromatic heterocycles. The molecule has 1 rings (SSSR count). The standard InChI is InChI=1S/C9H10N2S/c1-11-9-5-3-2-4-8(9)6-12-7-10/h2-5,11H,6H2,1H3. The highest BCUT2D eigenvalue weighted by Gasteiger charge is 1.97. The highest BCUT2D eigenvalue weighted by Crippen LogP contribution is 2.19. The van der Waals surface area contributed by atoms with Gasteiger partial charge in [-0.25, -0.2) is 0 Å². The summed E-state index contributed by atoms with van der Waals surface area (Å²) in [5.41, 5.74) is 2.27. The molecule has 0 fully saturated rings. The van der Waals surface area contributed by atoms with Gasteiger partial charge in [0.1, 0.15) is 5.40 Å². The minimum Gasteiger partial charge on any atom is -0.388 e. The molecular weight excluding hydrogens is 168 g/mol. The fourth-order valence-electron chi connectivity index (χ4n) is 1.00. The molecule has 3 heteroatoms. The van der Waals surface area contributed by atoms with Crippen LogP contribution in [0.1, 0.15) is 5.56 Å². The number of hydrogen-bond donors (Lipinski definition) is 1. The van der Waals surface area contributed by atoms with Gasteiger partial charge < -0.3 is 5.32 Å². The highest BCUT2D eigenvalue weighted by molar-refractivity contribution is 8.02. The molecule has 0 saturated carbocycles. The van der Waals surface area contributed by atoms with E-state index in [0.29, 0.717) is 0 Å². The number of hydrogen-bond acceptors (Lipinski definition) is 3. The van der Waals surface area contributed by atoms with Crippen molar-refractivity contribution >= 4 is 17.4 Å². The van der Waals surface area contributed by atoms with Gasteiger partial charge in [-0.05, 0) is 23.4 Å². The van der Waals surface area contributed by atoms with Gasteiger partial charge in [0, 0.05) is 18.5 Å². The van der Waals surface area contributed by atoms with Gasteiger partial charge in [0.05, 0.1) is 0 Å². The normalized spacial score (nSPS) is 9.00. The van der Waals surface area contributed by atoms with Crippen molar-refractivity contribution in [3.8, 4) is 5.40 Å². The summed E-state index contributed by atoms with van der Waals surface area (Å²) in [6, 6.07) is 7.99. The van der Waals surface area contributed by atoms with E-state index in [1.54, 1.807) is 0 Å². The first-order valence-corrected chi connectivity index (χ1v) is 4.63. The Morgan fingerprint density at radius 3 is 2.92 bits per heavy atom. The average Bonchev–Trinajstić information content (AvgIpc) is 2.15. The molecule has 0 aliphatic rings. The average molecular weight is 178 g/mol. The van der Waals surface area contributed by atoms with E-state index in [2.05, 4.69) is 10.7 Å². The number of thioether (sulfide) groups is 1. The molecule has 0 aliphatic carbocycles. The van der Waals surface area contributed by atoms with Crippen molar-refractivity contribution in [3.05, 3.63) is 29.8 Å². The van der Waals surface area contributed by atoms with Gasteiger partial charge in [0.25, 0.3) is 0 Å². The lowest BCUT2D eigenvalue weighted by Gasteiger charge is -2.05. The molecule has 1 N–H and O–H groups in total. The zero-order valence-electron chi connectivity index (χ0n) is 6.87. The predicted molar refractivity (Wildman–Crippen MR) is 52.9 cm³/mol. The first kappa shape index (κ1) is 8.95. The summed E-state index contributed by atoms with van der Waals surface area (Å²) < 4.78 is 0. The number of rotatable bonds is 3. The third kappa shape index (κ3) is 2.18. The van der Waals surface area contributed by atoms with E-state index in [1.165, 1.54) is 17.3 Å². The van der Waals surface area contributed by atoms with Gasteiger partial charge in [0.15, 0.2) is 0 Å². The van der Waals surface area contributed by atoms with Crippen LogP contribution >= 0.6 is 11.8 Å². The van der Waals surface area contributed by atoms with Crippen molar-refractivity contribution in [2.45, 2.75) is 5.75 Å². The number of para-hydroxylation sites is 1. The fourth-order valence-corrected chi connectivity index (χ4v) is 1.47. The van der Waals surface area contributed by atoms with Crippen LogP contribution in [-0.2, 0) is 5.75 Å². The van der Waals surface area contributed by atoms with Crippen LogP contribution in [0.2, 0.25) is 0 Å². The molecule has 0 unspecified atom stereocenters. The number of nitrogens with zero attached hydrogens (tertiary/aromatic N) is 1. The maximum absolute atomic E-state index is 8.38. The maximum Gasteiger partial charge on any atom is 0.133 e. The zero-order chi connectivity index (χ0) is 8.81. The molecule has 2 nitrogen and oxygen atoms in total. The van der Waals surface area contributed by atoms with Gasteiger partial charge in [-0.15, -0.1) is 0 Å². The summed E-state index contributed by atoms with van der Waals surface area (Å²) in [4.78, 5) is 0. The number of anilines is 1. The van der Waals surface area contributed by atoms with Crippen LogP contribution in [0.5, 0.6) is 0 Å². The van der Waals surface area contributed by atoms with Gasteiger partial charge in [-0.1, -0.05) is 18.2 Å². The molecule has 0 atom stereocenters. The van der Waals surface area contributed by atoms with E-state index in [-0.39, 0.29) is 0 Å². The summed E-state index contributed by atoms with van der Waals surface area (Å²) in [7, 11) is 1.88. The zero-order valence-corrected chi connectivity index (χ0v) is 7.69. The molecule has 0 radical (unpaired) electrons. The first-order chi connectivity index (χ1) is 5.88. The Hall–Kier alpha value is -1.14. The number of thiocyanates is 1. The molecule has 0 aliphatic heterocycles. The summed E-state index contributed by atoms with van der Waals surface area (Å²) in [6.45, 7) is 0. The van der Waals surface area contributed by atoms with E-state index in [1.807, 2.05) is 31.3 Å². The lowest BCUT2D eigenvalue weighted by atomic mass is 10.2. The largest absolute Gasteiger partial charge is 0.388 e. The molecule has 0 heterocycles. The Balaban J connectivity index is 2.76. The van der Waals surface area contributed by atoms with Gasteiger partial charge >= 0.3 is 0 Å². The topological polar surface area (TPSA) is 35.8 Å². The second-order valence-corrected chi connectivity index (χ2v) is 3.05.